The van der Waals surface area contributed by atoms with E-state index in [1.165, 1.54) is 12.1 Å². The minimum atomic E-state index is -0.890. The van der Waals surface area contributed by atoms with Gasteiger partial charge in [0.25, 0.3) is 11.8 Å². The van der Waals surface area contributed by atoms with Crippen molar-refractivity contribution in [2.45, 2.75) is 70.6 Å². The van der Waals surface area contributed by atoms with Crippen molar-refractivity contribution < 1.29 is 33.4 Å². The summed E-state index contributed by atoms with van der Waals surface area (Å²) in [5.74, 6) is 6.65. The predicted molar refractivity (Wildman–Crippen MR) is 137 cm³/mol. The van der Waals surface area contributed by atoms with Crippen LogP contribution >= 0.6 is 0 Å². The Morgan fingerprint density at radius 2 is 1.16 bits per heavy atom. The SMILES string of the molecule is C#CCCCCOc1cc(C(=O)ON2C(=O)CCC2=O)cc(OCCCCC#C)c1OCCCCC#C. The molecule has 0 unspecified atom stereocenters. The third-order valence-corrected chi connectivity index (χ3v) is 5.34. The molecule has 0 radical (unpaired) electrons. The van der Waals surface area contributed by atoms with Crippen molar-refractivity contribution in [3.8, 4) is 54.3 Å². The van der Waals surface area contributed by atoms with Gasteiger partial charge in [-0.1, -0.05) is 0 Å². The molecule has 196 valence electrons. The first kappa shape index (κ1) is 29.1. The smallest absolute Gasteiger partial charge is 0.364 e. The third-order valence-electron chi connectivity index (χ3n) is 5.34. The number of carbonyl (C=O) groups is 3. The van der Waals surface area contributed by atoms with Crippen molar-refractivity contribution in [3.05, 3.63) is 17.7 Å². The average molecular weight is 508 g/mol. The molecule has 1 aromatic carbocycles. The molecular weight excluding hydrogens is 474 g/mol. The number of rotatable bonds is 17. The number of imide groups is 1. The molecule has 1 aliphatic heterocycles. The molecule has 1 saturated heterocycles. The van der Waals surface area contributed by atoms with Gasteiger partial charge in [-0.2, -0.15) is 0 Å². The molecule has 0 aromatic heterocycles. The average Bonchev–Trinajstić information content (AvgIpc) is 3.21. The third kappa shape index (κ3) is 9.82. The maximum atomic E-state index is 12.9. The van der Waals surface area contributed by atoms with Gasteiger partial charge < -0.3 is 19.0 Å². The Hall–Kier alpha value is -4.09. The Labute approximate surface area is 218 Å². The molecular formula is C29H33NO7. The van der Waals surface area contributed by atoms with E-state index in [2.05, 4.69) is 17.8 Å². The van der Waals surface area contributed by atoms with Gasteiger partial charge in [0.05, 0.1) is 25.4 Å². The first-order valence-electron chi connectivity index (χ1n) is 12.5. The molecule has 0 bridgehead atoms. The predicted octanol–water partition coefficient (Wildman–Crippen LogP) is 4.45. The van der Waals surface area contributed by atoms with Crippen LogP contribution in [0, 0.1) is 37.0 Å². The molecule has 1 heterocycles. The van der Waals surface area contributed by atoms with Crippen molar-refractivity contribution in [2.24, 2.45) is 0 Å². The van der Waals surface area contributed by atoms with Gasteiger partial charge >= 0.3 is 5.97 Å². The second-order valence-corrected chi connectivity index (χ2v) is 8.29. The Morgan fingerprint density at radius 3 is 1.59 bits per heavy atom. The summed E-state index contributed by atoms with van der Waals surface area (Å²) < 4.78 is 17.9. The number of hydrogen-bond acceptors (Lipinski definition) is 7. The van der Waals surface area contributed by atoms with Crippen LogP contribution in [0.1, 0.15) is 81.0 Å². The lowest BCUT2D eigenvalue weighted by atomic mass is 10.1. The molecule has 1 fully saturated rings. The van der Waals surface area contributed by atoms with Gasteiger partial charge in [0.1, 0.15) is 0 Å². The van der Waals surface area contributed by atoms with Gasteiger partial charge in [0.2, 0.25) is 5.75 Å². The Kier molecular flexibility index (Phi) is 13.0. The van der Waals surface area contributed by atoms with Gasteiger partial charge in [0.15, 0.2) is 11.5 Å². The van der Waals surface area contributed by atoms with Crippen LogP contribution in [0.15, 0.2) is 12.1 Å². The fourth-order valence-corrected chi connectivity index (χ4v) is 3.37. The first-order valence-corrected chi connectivity index (χ1v) is 12.5. The van der Waals surface area contributed by atoms with Crippen LogP contribution < -0.4 is 14.2 Å². The van der Waals surface area contributed by atoms with E-state index in [0.29, 0.717) is 62.7 Å². The molecule has 2 amide bonds. The number of hydroxylamine groups is 2. The summed E-state index contributed by atoms with van der Waals surface area (Å²) in [6, 6.07) is 2.91. The number of nitrogens with zero attached hydrogens (tertiary/aromatic N) is 1. The topological polar surface area (TPSA) is 91.4 Å². The normalized spacial score (nSPS) is 12.4. The van der Waals surface area contributed by atoms with Crippen molar-refractivity contribution >= 4 is 17.8 Å². The highest BCUT2D eigenvalue weighted by Gasteiger charge is 2.33. The Morgan fingerprint density at radius 1 is 0.730 bits per heavy atom. The van der Waals surface area contributed by atoms with Crippen LogP contribution in [-0.2, 0) is 14.4 Å². The number of carbonyl (C=O) groups excluding carboxylic acids is 3. The lowest BCUT2D eigenvalue weighted by Gasteiger charge is -2.19. The summed E-state index contributed by atoms with van der Waals surface area (Å²) in [6.45, 7) is 1.03. The summed E-state index contributed by atoms with van der Waals surface area (Å²) >= 11 is 0. The number of terminal acetylenes is 3. The largest absolute Gasteiger partial charge is 0.490 e. The van der Waals surface area contributed by atoms with Gasteiger partial charge in [-0.3, -0.25) is 9.59 Å². The van der Waals surface area contributed by atoms with E-state index >= 15 is 0 Å². The maximum absolute atomic E-state index is 12.9. The quantitative estimate of drug-likeness (QED) is 0.175. The van der Waals surface area contributed by atoms with E-state index < -0.39 is 17.8 Å². The summed E-state index contributed by atoms with van der Waals surface area (Å²) in [5, 5.41) is 0.499. The zero-order chi connectivity index (χ0) is 26.9. The highest BCUT2D eigenvalue weighted by atomic mass is 16.7. The van der Waals surface area contributed by atoms with Crippen LogP contribution in [-0.4, -0.2) is 42.7 Å². The summed E-state index contributed by atoms with van der Waals surface area (Å²) in [7, 11) is 0. The van der Waals surface area contributed by atoms with Crippen LogP contribution in [0.2, 0.25) is 0 Å². The second kappa shape index (κ2) is 16.6. The van der Waals surface area contributed by atoms with Gasteiger partial charge in [0, 0.05) is 32.1 Å². The van der Waals surface area contributed by atoms with Crippen molar-refractivity contribution in [1.82, 2.24) is 5.06 Å². The molecule has 8 nitrogen and oxygen atoms in total. The minimum absolute atomic E-state index is 0.00337. The zero-order valence-corrected chi connectivity index (χ0v) is 21.1. The lowest BCUT2D eigenvalue weighted by molar-refractivity contribution is -0.172. The number of ether oxygens (including phenoxy) is 3. The second-order valence-electron chi connectivity index (χ2n) is 8.29. The number of benzene rings is 1. The molecule has 0 spiro atoms. The summed E-state index contributed by atoms with van der Waals surface area (Å²) in [6.07, 6.45) is 22.3. The summed E-state index contributed by atoms with van der Waals surface area (Å²) in [5.41, 5.74) is 0.0458. The van der Waals surface area contributed by atoms with E-state index in [1.807, 2.05) is 0 Å². The van der Waals surface area contributed by atoms with E-state index in [-0.39, 0.29) is 29.9 Å². The molecule has 8 heteroatoms. The fraction of sp³-hybridized carbons (Fsp3) is 0.483. The summed E-state index contributed by atoms with van der Waals surface area (Å²) in [4.78, 5) is 41.8. The molecule has 37 heavy (non-hydrogen) atoms. The fourth-order valence-electron chi connectivity index (χ4n) is 3.37. The van der Waals surface area contributed by atoms with Gasteiger partial charge in [-0.25, -0.2) is 4.79 Å². The maximum Gasteiger partial charge on any atom is 0.364 e. The van der Waals surface area contributed by atoms with E-state index in [1.54, 1.807) is 0 Å². The number of unbranched alkanes of at least 4 members (excludes halogenated alkanes) is 6. The van der Waals surface area contributed by atoms with Crippen molar-refractivity contribution in [3.63, 3.8) is 0 Å². The molecule has 0 saturated carbocycles. The van der Waals surface area contributed by atoms with Crippen LogP contribution in [0.3, 0.4) is 0 Å². The van der Waals surface area contributed by atoms with Crippen molar-refractivity contribution in [1.29, 1.82) is 0 Å². The van der Waals surface area contributed by atoms with Crippen LogP contribution in [0.4, 0.5) is 0 Å². The monoisotopic (exact) mass is 507 g/mol. The number of amides is 2. The Balaban J connectivity index is 2.29. The van der Waals surface area contributed by atoms with Crippen molar-refractivity contribution in [2.75, 3.05) is 19.8 Å². The minimum Gasteiger partial charge on any atom is -0.490 e. The molecule has 0 atom stereocenters. The molecule has 0 N–H and O–H groups in total. The first-order chi connectivity index (χ1) is 18.0. The molecule has 1 aromatic rings. The zero-order valence-electron chi connectivity index (χ0n) is 21.1. The molecule has 0 aliphatic carbocycles. The number of hydrogen-bond donors (Lipinski definition) is 0. The highest BCUT2D eigenvalue weighted by Crippen LogP contribution is 2.40. The lowest BCUT2D eigenvalue weighted by Crippen LogP contribution is -2.32. The van der Waals surface area contributed by atoms with Crippen LogP contribution in [0.25, 0.3) is 0 Å². The molecule has 1 aliphatic rings. The van der Waals surface area contributed by atoms with Gasteiger partial charge in [-0.15, -0.1) is 42.1 Å². The van der Waals surface area contributed by atoms with Crippen LogP contribution in [0.5, 0.6) is 17.2 Å². The van der Waals surface area contributed by atoms with Gasteiger partial charge in [-0.05, 0) is 50.7 Å². The van der Waals surface area contributed by atoms with E-state index in [9.17, 15) is 14.4 Å². The van der Waals surface area contributed by atoms with E-state index in [4.69, 9.17) is 38.3 Å². The Bertz CT molecular complexity index is 996. The van der Waals surface area contributed by atoms with E-state index in [0.717, 1.165) is 25.7 Å². The molecule has 2 rings (SSSR count). The highest BCUT2D eigenvalue weighted by molar-refractivity contribution is 6.03. The standard InChI is InChI=1S/C29H33NO7/c1-4-7-10-13-18-34-24-21-23(29(33)37-30-26(31)16-17-27(30)32)22-25(35-19-14-11-8-5-2)28(24)36-20-15-12-9-6-3/h1-3,21-22H,7-20H2.